The van der Waals surface area contributed by atoms with Gasteiger partial charge in [-0.05, 0) is 50.5 Å². The lowest BCUT2D eigenvalue weighted by atomic mass is 10.0. The molecule has 0 aromatic heterocycles. The summed E-state index contributed by atoms with van der Waals surface area (Å²) in [5.41, 5.74) is 3.26. The van der Waals surface area contributed by atoms with Gasteiger partial charge in [0, 0.05) is 24.2 Å². The first kappa shape index (κ1) is 14.6. The number of nitrogens with one attached hydrogen (secondary N) is 1. The number of hydrogen-bond donors (Lipinski definition) is 1. The molecule has 1 aromatic carbocycles. The summed E-state index contributed by atoms with van der Waals surface area (Å²) < 4.78 is 13.8. The monoisotopic (exact) mass is 272 g/mol. The summed E-state index contributed by atoms with van der Waals surface area (Å²) >= 11 is 0. The second-order valence-corrected chi connectivity index (χ2v) is 5.04. The van der Waals surface area contributed by atoms with Crippen molar-refractivity contribution in [2.24, 2.45) is 4.99 Å². The van der Waals surface area contributed by atoms with E-state index in [1.54, 1.807) is 6.07 Å². The predicted molar refractivity (Wildman–Crippen MR) is 82.5 cm³/mol. The smallest absolute Gasteiger partial charge is 0.127 e. The minimum atomic E-state index is -0.177. The Labute approximate surface area is 119 Å². The fourth-order valence-corrected chi connectivity index (χ4v) is 2.55. The zero-order valence-electron chi connectivity index (χ0n) is 12.0. The van der Waals surface area contributed by atoms with Gasteiger partial charge in [0.15, 0.2) is 0 Å². The molecule has 1 aliphatic rings. The summed E-state index contributed by atoms with van der Waals surface area (Å²) in [4.78, 5) is 4.19. The van der Waals surface area contributed by atoms with Crippen LogP contribution in [0, 0.1) is 11.2 Å². The molecule has 0 heterocycles. The lowest BCUT2D eigenvalue weighted by Gasteiger charge is -2.06. The average molecular weight is 272 g/mol. The van der Waals surface area contributed by atoms with Crippen molar-refractivity contribution in [3.05, 3.63) is 46.8 Å². The number of benzene rings is 1. The summed E-state index contributed by atoms with van der Waals surface area (Å²) in [6.45, 7) is 2.85. The quantitative estimate of drug-likeness (QED) is 0.366. The van der Waals surface area contributed by atoms with Crippen LogP contribution in [0.3, 0.4) is 0 Å². The van der Waals surface area contributed by atoms with Gasteiger partial charge in [-0.25, -0.2) is 4.39 Å². The molecular weight excluding hydrogens is 251 g/mol. The fourth-order valence-electron chi connectivity index (χ4n) is 2.55. The van der Waals surface area contributed by atoms with Crippen LogP contribution in [-0.2, 0) is 6.42 Å². The molecule has 0 fully saturated rings. The molecule has 106 valence electrons. The van der Waals surface area contributed by atoms with Crippen molar-refractivity contribution in [2.45, 2.75) is 39.0 Å². The third kappa shape index (κ3) is 3.62. The topological polar surface area (TPSA) is 36.2 Å². The van der Waals surface area contributed by atoms with Gasteiger partial charge in [-0.15, -0.1) is 0 Å². The number of fused-ring (bicyclic) bond motifs is 1. The van der Waals surface area contributed by atoms with E-state index in [2.05, 4.69) is 11.1 Å². The molecule has 0 amide bonds. The highest BCUT2D eigenvalue weighted by atomic mass is 19.1. The number of aliphatic imine (C=N–C) groups is 1. The molecule has 2 rings (SSSR count). The zero-order chi connectivity index (χ0) is 14.4. The maximum atomic E-state index is 13.8. The molecule has 0 atom stereocenters. The summed E-state index contributed by atoms with van der Waals surface area (Å²) in [7, 11) is 0. The molecule has 20 heavy (non-hydrogen) atoms. The van der Waals surface area contributed by atoms with Crippen molar-refractivity contribution < 1.29 is 4.39 Å². The van der Waals surface area contributed by atoms with Crippen LogP contribution in [0.15, 0.2) is 34.8 Å². The Hall–Kier alpha value is -1.77. The normalized spacial score (nSPS) is 17.5. The number of rotatable bonds is 4. The fraction of sp³-hybridized carbons (Fsp3) is 0.412. The maximum Gasteiger partial charge on any atom is 0.127 e. The second kappa shape index (κ2) is 7.13. The Morgan fingerprint density at radius 2 is 2.15 bits per heavy atom. The lowest BCUT2D eigenvalue weighted by Crippen LogP contribution is -2.02. The minimum absolute atomic E-state index is 0.177. The Morgan fingerprint density at radius 1 is 1.30 bits per heavy atom. The van der Waals surface area contributed by atoms with Crippen LogP contribution >= 0.6 is 0 Å². The van der Waals surface area contributed by atoms with E-state index in [1.165, 1.54) is 11.6 Å². The maximum absolute atomic E-state index is 13.8. The predicted octanol–water partition coefficient (Wildman–Crippen LogP) is 4.33. The van der Waals surface area contributed by atoms with Crippen molar-refractivity contribution in [1.82, 2.24) is 0 Å². The van der Waals surface area contributed by atoms with Crippen molar-refractivity contribution in [2.75, 3.05) is 6.54 Å². The summed E-state index contributed by atoms with van der Waals surface area (Å²) in [5.74, 6) is -0.177. The molecule has 2 nitrogen and oxygen atoms in total. The molecule has 0 saturated carbocycles. The molecule has 3 heteroatoms. The number of allylic oxidation sites excluding steroid dienone is 2. The van der Waals surface area contributed by atoms with Gasteiger partial charge in [0.25, 0.3) is 0 Å². The number of unbranched alkanes of at least 4 members (excludes halogenated alkanes) is 1. The SMILES string of the molecule is CCN=CCC/C=C1/CCc2c(F)cccc2C(=N)C1. The molecule has 0 radical (unpaired) electrons. The molecule has 0 saturated heterocycles. The highest BCUT2D eigenvalue weighted by Gasteiger charge is 2.17. The third-order valence-corrected chi connectivity index (χ3v) is 3.58. The Bertz CT molecular complexity index is 544. The van der Waals surface area contributed by atoms with Gasteiger partial charge in [0.05, 0.1) is 0 Å². The summed E-state index contributed by atoms with van der Waals surface area (Å²) in [6.07, 6.45) is 8.21. The van der Waals surface area contributed by atoms with E-state index >= 15 is 0 Å². The molecular formula is C17H21FN2. The Kier molecular flexibility index (Phi) is 5.22. The zero-order valence-corrected chi connectivity index (χ0v) is 12.0. The van der Waals surface area contributed by atoms with Gasteiger partial charge in [-0.1, -0.05) is 23.8 Å². The van der Waals surface area contributed by atoms with Crippen molar-refractivity contribution in [3.8, 4) is 0 Å². The van der Waals surface area contributed by atoms with Crippen LogP contribution in [0.4, 0.5) is 4.39 Å². The van der Waals surface area contributed by atoms with Crippen molar-refractivity contribution >= 4 is 11.9 Å². The van der Waals surface area contributed by atoms with E-state index in [0.29, 0.717) is 24.1 Å². The van der Waals surface area contributed by atoms with E-state index in [0.717, 1.165) is 31.4 Å². The first-order valence-corrected chi connectivity index (χ1v) is 7.23. The van der Waals surface area contributed by atoms with E-state index in [9.17, 15) is 4.39 Å². The van der Waals surface area contributed by atoms with Gasteiger partial charge in [-0.3, -0.25) is 4.99 Å². The van der Waals surface area contributed by atoms with Crippen LogP contribution in [0.5, 0.6) is 0 Å². The second-order valence-electron chi connectivity index (χ2n) is 5.04. The van der Waals surface area contributed by atoms with Crippen molar-refractivity contribution in [3.63, 3.8) is 0 Å². The molecule has 0 bridgehead atoms. The Morgan fingerprint density at radius 3 is 2.95 bits per heavy atom. The van der Waals surface area contributed by atoms with Crippen LogP contribution < -0.4 is 0 Å². The standard InChI is InChI=1S/C17H21FN2/c1-2-20-11-4-3-6-13-9-10-14-15(17(19)12-13)7-5-8-16(14)18/h5-8,11,19H,2-4,9-10,12H2,1H3/b13-6-,19-17?,20-11?. The van der Waals surface area contributed by atoms with E-state index < -0.39 is 0 Å². The Balaban J connectivity index is 2.05. The van der Waals surface area contributed by atoms with E-state index in [1.807, 2.05) is 19.2 Å². The van der Waals surface area contributed by atoms with Crippen LogP contribution in [0.25, 0.3) is 0 Å². The largest absolute Gasteiger partial charge is 0.304 e. The first-order chi connectivity index (χ1) is 9.72. The summed E-state index contributed by atoms with van der Waals surface area (Å²) in [5, 5.41) is 8.15. The molecule has 1 N–H and O–H groups in total. The third-order valence-electron chi connectivity index (χ3n) is 3.58. The molecule has 1 aromatic rings. The number of nitrogens with zero attached hydrogens (tertiary/aromatic N) is 1. The average Bonchev–Trinajstić information content (AvgIpc) is 2.60. The van der Waals surface area contributed by atoms with E-state index in [-0.39, 0.29) is 5.82 Å². The lowest BCUT2D eigenvalue weighted by molar-refractivity contribution is 0.608. The van der Waals surface area contributed by atoms with E-state index in [4.69, 9.17) is 5.41 Å². The van der Waals surface area contributed by atoms with Gasteiger partial charge in [-0.2, -0.15) is 0 Å². The van der Waals surface area contributed by atoms with Gasteiger partial charge >= 0.3 is 0 Å². The van der Waals surface area contributed by atoms with Crippen LogP contribution in [0.2, 0.25) is 0 Å². The number of halogens is 1. The van der Waals surface area contributed by atoms with Gasteiger partial charge in [0.1, 0.15) is 5.82 Å². The van der Waals surface area contributed by atoms with Gasteiger partial charge in [0.2, 0.25) is 0 Å². The van der Waals surface area contributed by atoms with Crippen LogP contribution in [0.1, 0.15) is 43.7 Å². The number of hydrogen-bond acceptors (Lipinski definition) is 2. The molecule has 1 aliphatic carbocycles. The molecule has 0 unspecified atom stereocenters. The van der Waals surface area contributed by atoms with Crippen molar-refractivity contribution in [1.29, 1.82) is 5.41 Å². The van der Waals surface area contributed by atoms with Crippen LogP contribution in [-0.4, -0.2) is 18.5 Å². The molecule has 0 aliphatic heterocycles. The first-order valence-electron chi connectivity index (χ1n) is 7.23. The van der Waals surface area contributed by atoms with Gasteiger partial charge < -0.3 is 5.41 Å². The highest BCUT2D eigenvalue weighted by molar-refractivity contribution is 6.01. The summed E-state index contributed by atoms with van der Waals surface area (Å²) in [6, 6.07) is 5.04. The minimum Gasteiger partial charge on any atom is -0.304 e. The molecule has 0 spiro atoms. The highest BCUT2D eigenvalue weighted by Crippen LogP contribution is 2.26.